The van der Waals surface area contributed by atoms with E-state index in [1.165, 1.54) is 18.7 Å². The summed E-state index contributed by atoms with van der Waals surface area (Å²) >= 11 is 0. The second-order valence-corrected chi connectivity index (χ2v) is 16.6. The number of rotatable bonds is 20. The molecular formula is C49H59N5O10. The fourth-order valence-electron chi connectivity index (χ4n) is 6.80. The van der Waals surface area contributed by atoms with Crippen LogP contribution in [0.1, 0.15) is 69.7 Å². The number of nitrogens with one attached hydrogen (secondary N) is 4. The van der Waals surface area contributed by atoms with Crippen molar-refractivity contribution in [3.63, 3.8) is 0 Å². The van der Waals surface area contributed by atoms with Crippen LogP contribution in [-0.2, 0) is 64.4 Å². The Kier molecular flexibility index (Phi) is 17.8. The first-order valence-corrected chi connectivity index (χ1v) is 21.4. The lowest BCUT2D eigenvalue weighted by Crippen LogP contribution is -2.58. The van der Waals surface area contributed by atoms with E-state index in [0.29, 0.717) is 25.2 Å². The van der Waals surface area contributed by atoms with Gasteiger partial charge in [-0.15, -0.1) is 0 Å². The molecule has 0 aromatic heterocycles. The third-order valence-corrected chi connectivity index (χ3v) is 10.2. The van der Waals surface area contributed by atoms with Crippen LogP contribution in [0.3, 0.4) is 0 Å². The highest BCUT2D eigenvalue weighted by Gasteiger charge is 2.39. The van der Waals surface area contributed by atoms with Crippen LogP contribution in [0.15, 0.2) is 115 Å². The van der Waals surface area contributed by atoms with E-state index in [4.69, 9.17) is 18.9 Å². The number of likely N-dealkylation sites (tertiary alicyclic amines) is 1. The molecule has 4 aromatic carbocycles. The van der Waals surface area contributed by atoms with Gasteiger partial charge in [-0.2, -0.15) is 0 Å². The van der Waals surface area contributed by atoms with Crippen LogP contribution in [0.4, 0.5) is 4.79 Å². The largest absolute Gasteiger partial charge is 0.489 e. The molecule has 0 saturated carbocycles. The van der Waals surface area contributed by atoms with Crippen LogP contribution in [0.5, 0.6) is 5.75 Å². The summed E-state index contributed by atoms with van der Waals surface area (Å²) < 4.78 is 22.6. The van der Waals surface area contributed by atoms with Crippen LogP contribution >= 0.6 is 0 Å². The maximum atomic E-state index is 14.3. The highest BCUT2D eigenvalue weighted by Crippen LogP contribution is 2.22. The molecular weight excluding hydrogens is 819 g/mol. The predicted molar refractivity (Wildman–Crippen MR) is 238 cm³/mol. The third-order valence-electron chi connectivity index (χ3n) is 10.2. The Morgan fingerprint density at radius 2 is 1.22 bits per heavy atom. The van der Waals surface area contributed by atoms with Crippen molar-refractivity contribution in [2.45, 2.75) is 110 Å². The maximum absolute atomic E-state index is 14.3. The lowest BCUT2D eigenvalue weighted by atomic mass is 10.0. The highest BCUT2D eigenvalue weighted by atomic mass is 16.6. The molecule has 1 heterocycles. The number of nitrogens with zero attached hydrogens (tertiary/aromatic N) is 1. The van der Waals surface area contributed by atoms with Crippen molar-refractivity contribution >= 4 is 35.7 Å². The number of benzene rings is 4. The number of carbonyl (C=O) groups is 6. The smallest absolute Gasteiger partial charge is 0.408 e. The first kappa shape index (κ1) is 48.3. The molecule has 1 saturated heterocycles. The molecule has 1 fully saturated rings. The molecule has 0 radical (unpaired) electrons. The molecule has 15 nitrogen and oxygen atoms in total. The topological polar surface area (TPSA) is 191 Å². The molecule has 1 aliphatic heterocycles. The third kappa shape index (κ3) is 15.6. The number of hydrogen-bond donors (Lipinski definition) is 4. The molecule has 1 aliphatic rings. The normalized spacial score (nSPS) is 15.4. The monoisotopic (exact) mass is 877 g/mol. The van der Waals surface area contributed by atoms with E-state index in [0.717, 1.165) is 22.3 Å². The minimum absolute atomic E-state index is 0.0158. The molecule has 64 heavy (non-hydrogen) atoms. The van der Waals surface area contributed by atoms with Crippen molar-refractivity contribution < 1.29 is 47.7 Å². The van der Waals surface area contributed by atoms with Gasteiger partial charge in [-0.3, -0.25) is 19.2 Å². The summed E-state index contributed by atoms with van der Waals surface area (Å²) in [6.07, 6.45) is 0.128. The highest BCUT2D eigenvalue weighted by molar-refractivity contribution is 5.96. The number of ether oxygens (including phenoxy) is 4. The maximum Gasteiger partial charge on any atom is 0.408 e. The minimum atomic E-state index is -1.26. The summed E-state index contributed by atoms with van der Waals surface area (Å²) in [6.45, 7) is 8.60. The van der Waals surface area contributed by atoms with Crippen LogP contribution in [0, 0.1) is 0 Å². The Labute approximate surface area is 374 Å². The molecule has 4 N–H and O–H groups in total. The zero-order valence-corrected chi connectivity index (χ0v) is 37.0. The van der Waals surface area contributed by atoms with Gasteiger partial charge < -0.3 is 45.1 Å². The van der Waals surface area contributed by atoms with Gasteiger partial charge in [0.15, 0.2) is 0 Å². The summed E-state index contributed by atoms with van der Waals surface area (Å²) in [7, 11) is 0. The Bertz CT molecular complexity index is 2150. The average molecular weight is 878 g/mol. The number of esters is 1. The summed E-state index contributed by atoms with van der Waals surface area (Å²) in [5, 5.41) is 10.7. The van der Waals surface area contributed by atoms with Crippen molar-refractivity contribution in [1.29, 1.82) is 0 Å². The lowest BCUT2D eigenvalue weighted by Gasteiger charge is -2.30. The summed E-state index contributed by atoms with van der Waals surface area (Å²) in [6, 6.07) is 29.8. The molecule has 0 spiro atoms. The first-order valence-electron chi connectivity index (χ1n) is 21.4. The van der Waals surface area contributed by atoms with Gasteiger partial charge in [0, 0.05) is 13.0 Å². The Balaban J connectivity index is 1.21. The molecule has 0 unspecified atom stereocenters. The van der Waals surface area contributed by atoms with Gasteiger partial charge in [0.05, 0.1) is 13.2 Å². The van der Waals surface area contributed by atoms with E-state index >= 15 is 0 Å². The number of amides is 5. The van der Waals surface area contributed by atoms with Crippen LogP contribution in [-0.4, -0.2) is 89.6 Å². The predicted octanol–water partition coefficient (Wildman–Crippen LogP) is 5.15. The standard InChI is InChI=1S/C49H59N5O10/c1-33(43(55)52-41(32-61-29-36-16-9-6-10-17-36)44(56)51-34(2)47(59)63-31-38-20-13-8-14-21-38)50-45(57)42-22-15-27-54(42)46(58)40(53-48(60)64-49(3,4)5)28-35-23-25-39(26-24-35)62-30-37-18-11-7-12-19-37/h6-14,16-21,23-26,33-34,40-42H,15,22,27-32H2,1-5H3,(H,50,57)(H,51,56)(H,52,55)(H,53,60)/t33-,34-,40-,41+,42+/m1/s1. The summed E-state index contributed by atoms with van der Waals surface area (Å²) in [4.78, 5) is 82.5. The molecule has 5 rings (SSSR count). The number of alkyl carbamates (subject to hydrolysis) is 1. The van der Waals surface area contributed by atoms with E-state index in [-0.39, 0.29) is 32.8 Å². The van der Waals surface area contributed by atoms with E-state index < -0.39 is 71.5 Å². The minimum Gasteiger partial charge on any atom is -0.489 e. The van der Waals surface area contributed by atoms with Crippen molar-refractivity contribution in [3.8, 4) is 5.75 Å². The van der Waals surface area contributed by atoms with Gasteiger partial charge in [-0.05, 0) is 81.8 Å². The molecule has 5 amide bonds. The van der Waals surface area contributed by atoms with Crippen LogP contribution in [0.25, 0.3) is 0 Å². The van der Waals surface area contributed by atoms with Gasteiger partial charge in [0.2, 0.25) is 23.6 Å². The molecule has 340 valence electrons. The zero-order chi connectivity index (χ0) is 46.1. The van der Waals surface area contributed by atoms with E-state index in [1.54, 1.807) is 45.0 Å². The number of carbonyl (C=O) groups excluding carboxylic acids is 6. The second kappa shape index (κ2) is 23.6. The fraction of sp³-hybridized carbons (Fsp3) is 0.388. The summed E-state index contributed by atoms with van der Waals surface area (Å²) in [5.74, 6) is -2.52. The lowest BCUT2D eigenvalue weighted by molar-refractivity contribution is -0.149. The zero-order valence-electron chi connectivity index (χ0n) is 37.0. The van der Waals surface area contributed by atoms with E-state index in [2.05, 4.69) is 21.3 Å². The van der Waals surface area contributed by atoms with Gasteiger partial charge in [0.1, 0.15) is 54.8 Å². The van der Waals surface area contributed by atoms with Crippen molar-refractivity contribution in [2.75, 3.05) is 13.2 Å². The number of hydrogen-bond acceptors (Lipinski definition) is 10. The Morgan fingerprint density at radius 3 is 1.81 bits per heavy atom. The second-order valence-electron chi connectivity index (χ2n) is 16.6. The Hall–Kier alpha value is -6.74. The quantitative estimate of drug-likeness (QED) is 0.0865. The molecule has 0 bridgehead atoms. The molecule has 15 heteroatoms. The SMILES string of the molecule is C[C@@H](NC(=O)[C@@H]1CCCN1C(=O)[C@@H](Cc1ccc(OCc2ccccc2)cc1)NC(=O)OC(C)(C)C)C(=O)N[C@@H](COCc1ccccc1)C(=O)N[C@H](C)C(=O)OCc1ccccc1. The van der Waals surface area contributed by atoms with Crippen molar-refractivity contribution in [2.24, 2.45) is 0 Å². The van der Waals surface area contributed by atoms with E-state index in [9.17, 15) is 28.8 Å². The Morgan fingerprint density at radius 1 is 0.641 bits per heavy atom. The van der Waals surface area contributed by atoms with Crippen LogP contribution < -0.4 is 26.0 Å². The first-order chi connectivity index (χ1) is 30.6. The molecule has 5 atom stereocenters. The van der Waals surface area contributed by atoms with Gasteiger partial charge in [-0.25, -0.2) is 9.59 Å². The molecule has 4 aromatic rings. The van der Waals surface area contributed by atoms with Crippen molar-refractivity contribution in [1.82, 2.24) is 26.2 Å². The van der Waals surface area contributed by atoms with Crippen LogP contribution in [0.2, 0.25) is 0 Å². The van der Waals surface area contributed by atoms with E-state index in [1.807, 2.05) is 91.0 Å². The van der Waals surface area contributed by atoms with Gasteiger partial charge in [-0.1, -0.05) is 103 Å². The summed E-state index contributed by atoms with van der Waals surface area (Å²) in [5.41, 5.74) is 2.53. The molecule has 0 aliphatic carbocycles. The average Bonchev–Trinajstić information content (AvgIpc) is 3.78. The fourth-order valence-corrected chi connectivity index (χ4v) is 6.80. The van der Waals surface area contributed by atoms with Gasteiger partial charge >= 0.3 is 12.1 Å². The van der Waals surface area contributed by atoms with Gasteiger partial charge in [0.25, 0.3) is 0 Å². The van der Waals surface area contributed by atoms with Crippen molar-refractivity contribution in [3.05, 3.63) is 138 Å².